The van der Waals surface area contributed by atoms with Crippen molar-refractivity contribution in [3.63, 3.8) is 0 Å². The maximum Gasteiger partial charge on any atom is 0.338 e. The topological polar surface area (TPSA) is 63.2 Å². The van der Waals surface area contributed by atoms with E-state index in [9.17, 15) is 4.79 Å². The van der Waals surface area contributed by atoms with Gasteiger partial charge in [-0.15, -0.1) is 0 Å². The molecule has 138 valence electrons. The van der Waals surface area contributed by atoms with Crippen molar-refractivity contribution in [1.82, 2.24) is 0 Å². The van der Waals surface area contributed by atoms with E-state index in [2.05, 4.69) is 15.9 Å². The number of benzene rings is 2. The van der Waals surface area contributed by atoms with Gasteiger partial charge in [0.2, 0.25) is 0 Å². The van der Waals surface area contributed by atoms with Gasteiger partial charge >= 0.3 is 5.97 Å². The minimum absolute atomic E-state index is 0.0163. The molecule has 0 unspecified atom stereocenters. The number of esters is 1. The second-order valence-corrected chi connectivity index (χ2v) is 6.66. The molecule has 8 heteroatoms. The van der Waals surface area contributed by atoms with Crippen LogP contribution < -0.4 is 14.2 Å². The van der Waals surface area contributed by atoms with E-state index < -0.39 is 5.97 Å². The minimum atomic E-state index is -0.519. The molecule has 2 aromatic rings. The Kier molecular flexibility index (Phi) is 5.90. The quantitative estimate of drug-likeness (QED) is 0.641. The highest BCUT2D eigenvalue weighted by molar-refractivity contribution is 9.10. The van der Waals surface area contributed by atoms with Crippen molar-refractivity contribution in [2.45, 2.75) is 13.2 Å². The average molecular weight is 444 g/mol. The first-order valence-electron chi connectivity index (χ1n) is 7.64. The third-order valence-corrected chi connectivity index (χ3v) is 4.79. The van der Waals surface area contributed by atoms with Crippen LogP contribution in [-0.4, -0.2) is 27.0 Å². The monoisotopic (exact) mass is 442 g/mol. The number of rotatable bonds is 5. The number of methoxy groups -OCH3 is 2. The van der Waals surface area contributed by atoms with Crippen molar-refractivity contribution in [3.8, 4) is 17.2 Å². The molecule has 0 radical (unpaired) electrons. The second-order valence-electron chi connectivity index (χ2n) is 5.43. The molecule has 0 N–H and O–H groups in total. The van der Waals surface area contributed by atoms with Gasteiger partial charge in [-0.3, -0.25) is 0 Å². The fourth-order valence-corrected chi connectivity index (χ4v) is 3.39. The van der Waals surface area contributed by atoms with Crippen molar-refractivity contribution in [2.24, 2.45) is 0 Å². The van der Waals surface area contributed by atoms with Gasteiger partial charge in [-0.1, -0.05) is 11.6 Å². The molecule has 26 heavy (non-hydrogen) atoms. The van der Waals surface area contributed by atoms with E-state index >= 15 is 0 Å². The molecule has 6 nitrogen and oxygen atoms in total. The normalized spacial score (nSPS) is 12.8. The van der Waals surface area contributed by atoms with E-state index in [-0.39, 0.29) is 13.4 Å². The first-order chi connectivity index (χ1) is 12.5. The molecule has 0 saturated heterocycles. The number of carbonyl (C=O) groups excluding carboxylic acids is 1. The second kappa shape index (κ2) is 8.16. The number of hydrogen-bond acceptors (Lipinski definition) is 6. The van der Waals surface area contributed by atoms with Crippen LogP contribution in [-0.2, 0) is 22.7 Å². The van der Waals surface area contributed by atoms with Gasteiger partial charge in [0.05, 0.1) is 26.4 Å². The van der Waals surface area contributed by atoms with Crippen LogP contribution in [0.15, 0.2) is 28.7 Å². The molecule has 0 aromatic heterocycles. The van der Waals surface area contributed by atoms with Crippen molar-refractivity contribution in [1.29, 1.82) is 0 Å². The van der Waals surface area contributed by atoms with Gasteiger partial charge in [-0.2, -0.15) is 0 Å². The Bertz CT molecular complexity index is 814. The summed E-state index contributed by atoms with van der Waals surface area (Å²) in [5, 5.41) is 0.524. The van der Waals surface area contributed by atoms with Gasteiger partial charge < -0.3 is 23.7 Å². The summed E-state index contributed by atoms with van der Waals surface area (Å²) in [7, 11) is 3.01. The fourth-order valence-electron chi connectivity index (χ4n) is 2.58. The van der Waals surface area contributed by atoms with Gasteiger partial charge in [0.1, 0.15) is 28.3 Å². The third kappa shape index (κ3) is 3.90. The summed E-state index contributed by atoms with van der Waals surface area (Å²) >= 11 is 9.49. The molecule has 0 atom stereocenters. The summed E-state index contributed by atoms with van der Waals surface area (Å²) in [4.78, 5) is 12.5. The van der Waals surface area contributed by atoms with E-state index in [0.717, 1.165) is 5.56 Å². The Morgan fingerprint density at radius 2 is 1.88 bits per heavy atom. The number of carbonyl (C=O) groups is 1. The first-order valence-corrected chi connectivity index (χ1v) is 8.81. The average Bonchev–Trinajstić information content (AvgIpc) is 2.65. The zero-order chi connectivity index (χ0) is 18.7. The molecular formula is C18H16BrClO6. The molecule has 0 fully saturated rings. The van der Waals surface area contributed by atoms with E-state index in [0.29, 0.717) is 44.5 Å². The van der Waals surface area contributed by atoms with Gasteiger partial charge in [0, 0.05) is 16.1 Å². The van der Waals surface area contributed by atoms with Crippen LogP contribution in [0.5, 0.6) is 17.2 Å². The van der Waals surface area contributed by atoms with Crippen molar-refractivity contribution >= 4 is 33.5 Å². The molecule has 3 rings (SSSR count). The first kappa shape index (κ1) is 18.8. The number of halogens is 2. The van der Waals surface area contributed by atoms with Crippen molar-refractivity contribution in [3.05, 3.63) is 50.5 Å². The molecule has 0 bridgehead atoms. The summed E-state index contributed by atoms with van der Waals surface area (Å²) in [6, 6.07) is 6.63. The Morgan fingerprint density at radius 3 is 2.54 bits per heavy atom. The Morgan fingerprint density at radius 1 is 1.19 bits per heavy atom. The molecule has 0 aliphatic carbocycles. The molecular weight excluding hydrogens is 428 g/mol. The summed E-state index contributed by atoms with van der Waals surface area (Å²) in [6.07, 6.45) is 0. The summed E-state index contributed by atoms with van der Waals surface area (Å²) in [5.74, 6) is 1.06. The lowest BCUT2D eigenvalue weighted by atomic mass is 10.1. The number of ether oxygens (including phenoxy) is 5. The summed E-state index contributed by atoms with van der Waals surface area (Å²) in [5.41, 5.74) is 1.81. The molecule has 1 aliphatic rings. The maximum atomic E-state index is 12.5. The minimum Gasteiger partial charge on any atom is -0.495 e. The molecule has 0 amide bonds. The molecule has 0 spiro atoms. The Hall–Kier alpha value is -1.96. The summed E-state index contributed by atoms with van der Waals surface area (Å²) in [6.45, 7) is 0.567. The van der Waals surface area contributed by atoms with Gasteiger partial charge in [-0.25, -0.2) is 4.79 Å². The van der Waals surface area contributed by atoms with Crippen molar-refractivity contribution in [2.75, 3.05) is 21.0 Å². The maximum absolute atomic E-state index is 12.5. The van der Waals surface area contributed by atoms with Crippen LogP contribution in [0.25, 0.3) is 0 Å². The highest BCUT2D eigenvalue weighted by atomic mass is 79.9. The third-order valence-electron chi connectivity index (χ3n) is 3.79. The van der Waals surface area contributed by atoms with E-state index in [4.69, 9.17) is 35.3 Å². The SMILES string of the molecule is COc1cc(C(=O)OCc2cc(Cl)cc3c2OCOC3)cc(OC)c1Br. The molecule has 1 heterocycles. The predicted octanol–water partition coefficient (Wildman–Crippen LogP) is 4.34. The molecule has 1 aliphatic heterocycles. The molecule has 0 saturated carbocycles. The lowest BCUT2D eigenvalue weighted by Crippen LogP contribution is -2.14. The number of fused-ring (bicyclic) bond motifs is 1. The lowest BCUT2D eigenvalue weighted by molar-refractivity contribution is -0.0180. The number of hydrogen-bond donors (Lipinski definition) is 0. The predicted molar refractivity (Wildman–Crippen MR) is 98.1 cm³/mol. The Balaban J connectivity index is 1.81. The van der Waals surface area contributed by atoms with Crippen LogP contribution in [0.4, 0.5) is 0 Å². The van der Waals surface area contributed by atoms with Crippen LogP contribution >= 0.6 is 27.5 Å². The van der Waals surface area contributed by atoms with Crippen LogP contribution in [0, 0.1) is 0 Å². The Labute approximate surface area is 164 Å². The van der Waals surface area contributed by atoms with E-state index in [1.165, 1.54) is 14.2 Å². The summed E-state index contributed by atoms with van der Waals surface area (Å²) < 4.78 is 27.3. The lowest BCUT2D eigenvalue weighted by Gasteiger charge is -2.21. The highest BCUT2D eigenvalue weighted by Crippen LogP contribution is 2.36. The van der Waals surface area contributed by atoms with Gasteiger partial charge in [0.15, 0.2) is 6.79 Å². The zero-order valence-electron chi connectivity index (χ0n) is 14.1. The largest absolute Gasteiger partial charge is 0.495 e. The fraction of sp³-hybridized carbons (Fsp3) is 0.278. The highest BCUT2D eigenvalue weighted by Gasteiger charge is 2.19. The van der Waals surface area contributed by atoms with Crippen LogP contribution in [0.3, 0.4) is 0 Å². The van der Waals surface area contributed by atoms with E-state index in [1.807, 2.05) is 0 Å². The van der Waals surface area contributed by atoms with Gasteiger partial charge in [0.25, 0.3) is 0 Å². The molecule has 2 aromatic carbocycles. The van der Waals surface area contributed by atoms with Crippen molar-refractivity contribution < 1.29 is 28.5 Å². The van der Waals surface area contributed by atoms with Gasteiger partial charge in [-0.05, 0) is 40.2 Å². The zero-order valence-corrected chi connectivity index (χ0v) is 16.5. The smallest absolute Gasteiger partial charge is 0.338 e. The standard InChI is InChI=1S/C18H16BrClO6/c1-22-14-5-10(6-15(23-2)16(14)19)18(21)25-8-12-4-13(20)3-11-7-24-9-26-17(11)12/h3-6H,7-9H2,1-2H3. The van der Waals surface area contributed by atoms with E-state index in [1.54, 1.807) is 24.3 Å². The van der Waals surface area contributed by atoms with Crippen LogP contribution in [0.1, 0.15) is 21.5 Å². The van der Waals surface area contributed by atoms with Crippen LogP contribution in [0.2, 0.25) is 5.02 Å².